The molecule has 1 aromatic rings. The maximum Gasteiger partial charge on any atom is 0.184 e. The van der Waals surface area contributed by atoms with Gasteiger partial charge in [0.05, 0.1) is 19.4 Å². The summed E-state index contributed by atoms with van der Waals surface area (Å²) in [7, 11) is 1.55. The minimum absolute atomic E-state index is 0.0868. The van der Waals surface area contributed by atoms with E-state index in [1.807, 2.05) is 0 Å². The molecule has 0 aromatic heterocycles. The van der Waals surface area contributed by atoms with Crippen LogP contribution in [0.25, 0.3) is 0 Å². The summed E-state index contributed by atoms with van der Waals surface area (Å²) in [6, 6.07) is 3.36. The van der Waals surface area contributed by atoms with Gasteiger partial charge in [-0.25, -0.2) is 0 Å². The van der Waals surface area contributed by atoms with Crippen LogP contribution in [0.3, 0.4) is 0 Å². The first-order valence-electron chi connectivity index (χ1n) is 4.62. The first kappa shape index (κ1) is 9.92. The van der Waals surface area contributed by atoms with E-state index in [2.05, 4.69) is 0 Å². The Morgan fingerprint density at radius 2 is 2.40 bits per heavy atom. The fraction of sp³-hybridized carbons (Fsp3) is 0.400. The Kier molecular flexibility index (Phi) is 2.55. The predicted molar refractivity (Wildman–Crippen MR) is 54.4 cm³/mol. The molecule has 1 heterocycles. The topological polar surface area (TPSA) is 73.9 Å². The quantitative estimate of drug-likeness (QED) is 0.693. The first-order chi connectivity index (χ1) is 7.24. The highest BCUT2D eigenvalue weighted by molar-refractivity contribution is 5.64. The van der Waals surface area contributed by atoms with Crippen LogP contribution in [0.5, 0.6) is 17.2 Å². The standard InChI is InChI=1S/C10H13NO4/c1-13-6-2-8(11)10-9(3-6)15-7(4-12)5-14-10/h2-3,7,12H,4-5,11H2,1H3. The summed E-state index contributed by atoms with van der Waals surface area (Å²) in [5, 5.41) is 8.94. The Morgan fingerprint density at radius 3 is 3.07 bits per heavy atom. The van der Waals surface area contributed by atoms with Gasteiger partial charge in [-0.2, -0.15) is 0 Å². The molecular weight excluding hydrogens is 198 g/mol. The third-order valence-corrected chi connectivity index (χ3v) is 2.20. The summed E-state index contributed by atoms with van der Waals surface area (Å²) < 4.78 is 15.9. The second kappa shape index (κ2) is 3.86. The van der Waals surface area contributed by atoms with E-state index in [0.717, 1.165) is 0 Å². The average Bonchev–Trinajstić information content (AvgIpc) is 2.28. The normalized spacial score (nSPS) is 18.7. The van der Waals surface area contributed by atoms with Crippen molar-refractivity contribution in [3.05, 3.63) is 12.1 Å². The minimum atomic E-state index is -0.344. The molecule has 82 valence electrons. The molecule has 0 saturated carbocycles. The summed E-state index contributed by atoms with van der Waals surface area (Å²) >= 11 is 0. The molecule has 5 heteroatoms. The van der Waals surface area contributed by atoms with Crippen molar-refractivity contribution in [3.63, 3.8) is 0 Å². The highest BCUT2D eigenvalue weighted by Gasteiger charge is 2.23. The van der Waals surface area contributed by atoms with E-state index in [0.29, 0.717) is 29.5 Å². The molecule has 1 unspecified atom stereocenters. The molecule has 1 aliphatic heterocycles. The number of fused-ring (bicyclic) bond motifs is 1. The Hall–Kier alpha value is -1.62. The van der Waals surface area contributed by atoms with Gasteiger partial charge in [-0.15, -0.1) is 0 Å². The van der Waals surface area contributed by atoms with E-state index in [-0.39, 0.29) is 12.7 Å². The van der Waals surface area contributed by atoms with Crippen LogP contribution in [0.1, 0.15) is 0 Å². The molecule has 5 nitrogen and oxygen atoms in total. The number of hydrogen-bond donors (Lipinski definition) is 2. The molecule has 1 aliphatic rings. The summed E-state index contributed by atoms with van der Waals surface area (Å²) in [6.45, 7) is 0.219. The molecule has 2 rings (SSSR count). The van der Waals surface area contributed by atoms with Crippen molar-refractivity contribution in [2.24, 2.45) is 0 Å². The van der Waals surface area contributed by atoms with Gasteiger partial charge in [0.25, 0.3) is 0 Å². The van der Waals surface area contributed by atoms with Gasteiger partial charge in [0, 0.05) is 12.1 Å². The van der Waals surface area contributed by atoms with Gasteiger partial charge >= 0.3 is 0 Å². The van der Waals surface area contributed by atoms with Crippen LogP contribution in [0.4, 0.5) is 5.69 Å². The molecule has 0 aliphatic carbocycles. The Labute approximate surface area is 87.4 Å². The van der Waals surface area contributed by atoms with E-state index >= 15 is 0 Å². The Bertz CT molecular complexity index is 367. The van der Waals surface area contributed by atoms with Gasteiger partial charge in [-0.3, -0.25) is 0 Å². The lowest BCUT2D eigenvalue weighted by atomic mass is 10.2. The van der Waals surface area contributed by atoms with Crippen molar-refractivity contribution in [3.8, 4) is 17.2 Å². The van der Waals surface area contributed by atoms with Crippen LogP contribution >= 0.6 is 0 Å². The summed E-state index contributed by atoms with van der Waals surface area (Å²) in [4.78, 5) is 0. The average molecular weight is 211 g/mol. The molecule has 1 aromatic carbocycles. The number of ether oxygens (including phenoxy) is 3. The van der Waals surface area contributed by atoms with E-state index in [1.165, 1.54) is 0 Å². The lowest BCUT2D eigenvalue weighted by molar-refractivity contribution is 0.0459. The molecular formula is C10H13NO4. The zero-order chi connectivity index (χ0) is 10.8. The molecule has 0 bridgehead atoms. The van der Waals surface area contributed by atoms with Crippen molar-refractivity contribution >= 4 is 5.69 Å². The maximum absolute atomic E-state index is 8.94. The van der Waals surface area contributed by atoms with Crippen molar-refractivity contribution in [2.75, 3.05) is 26.1 Å². The SMILES string of the molecule is COc1cc(N)c2c(c1)OC(CO)CO2. The number of aliphatic hydroxyl groups excluding tert-OH is 1. The third kappa shape index (κ3) is 1.78. The van der Waals surface area contributed by atoms with E-state index in [9.17, 15) is 0 Å². The van der Waals surface area contributed by atoms with Gasteiger partial charge in [0.2, 0.25) is 0 Å². The highest BCUT2D eigenvalue weighted by Crippen LogP contribution is 2.40. The highest BCUT2D eigenvalue weighted by atomic mass is 16.6. The van der Waals surface area contributed by atoms with Gasteiger partial charge in [-0.1, -0.05) is 0 Å². The lowest BCUT2D eigenvalue weighted by Gasteiger charge is -2.26. The fourth-order valence-electron chi connectivity index (χ4n) is 1.44. The zero-order valence-electron chi connectivity index (χ0n) is 8.40. The Balaban J connectivity index is 2.35. The number of aliphatic hydroxyl groups is 1. The smallest absolute Gasteiger partial charge is 0.184 e. The molecule has 1 atom stereocenters. The van der Waals surface area contributed by atoms with Gasteiger partial charge in [-0.05, 0) is 0 Å². The van der Waals surface area contributed by atoms with Crippen LogP contribution in [0, 0.1) is 0 Å². The number of methoxy groups -OCH3 is 1. The van der Waals surface area contributed by atoms with Gasteiger partial charge < -0.3 is 25.1 Å². The van der Waals surface area contributed by atoms with Gasteiger partial charge in [0.1, 0.15) is 12.4 Å². The summed E-state index contributed by atoms with van der Waals surface area (Å²) in [6.07, 6.45) is -0.344. The molecule has 0 saturated heterocycles. The van der Waals surface area contributed by atoms with Crippen molar-refractivity contribution in [2.45, 2.75) is 6.10 Å². The van der Waals surface area contributed by atoms with Crippen LogP contribution in [0.15, 0.2) is 12.1 Å². The molecule has 0 radical (unpaired) electrons. The zero-order valence-corrected chi connectivity index (χ0v) is 8.40. The third-order valence-electron chi connectivity index (χ3n) is 2.20. The van der Waals surface area contributed by atoms with Crippen molar-refractivity contribution in [1.82, 2.24) is 0 Å². The van der Waals surface area contributed by atoms with E-state index in [4.69, 9.17) is 25.1 Å². The molecule has 0 amide bonds. The van der Waals surface area contributed by atoms with E-state index < -0.39 is 0 Å². The second-order valence-electron chi connectivity index (χ2n) is 3.28. The number of benzene rings is 1. The van der Waals surface area contributed by atoms with Crippen LogP contribution < -0.4 is 19.9 Å². The minimum Gasteiger partial charge on any atom is -0.497 e. The van der Waals surface area contributed by atoms with E-state index in [1.54, 1.807) is 19.2 Å². The van der Waals surface area contributed by atoms with Crippen LogP contribution in [0.2, 0.25) is 0 Å². The molecule has 15 heavy (non-hydrogen) atoms. The molecule has 0 spiro atoms. The molecule has 3 N–H and O–H groups in total. The largest absolute Gasteiger partial charge is 0.497 e. The van der Waals surface area contributed by atoms with Gasteiger partial charge in [0.15, 0.2) is 17.6 Å². The number of anilines is 1. The predicted octanol–water partition coefficient (Wildman–Crippen LogP) is 0.410. The van der Waals surface area contributed by atoms with Crippen molar-refractivity contribution in [1.29, 1.82) is 0 Å². The summed E-state index contributed by atoms with van der Waals surface area (Å²) in [5.74, 6) is 1.63. The first-order valence-corrected chi connectivity index (χ1v) is 4.62. The second-order valence-corrected chi connectivity index (χ2v) is 3.28. The Morgan fingerprint density at radius 1 is 1.60 bits per heavy atom. The summed E-state index contributed by atoms with van der Waals surface area (Å²) in [5.41, 5.74) is 6.23. The number of nitrogen functional groups attached to an aromatic ring is 1. The maximum atomic E-state index is 8.94. The fourth-order valence-corrected chi connectivity index (χ4v) is 1.44. The molecule has 0 fully saturated rings. The lowest BCUT2D eigenvalue weighted by Crippen LogP contribution is -2.32. The van der Waals surface area contributed by atoms with Crippen LogP contribution in [-0.2, 0) is 0 Å². The number of hydrogen-bond acceptors (Lipinski definition) is 5. The van der Waals surface area contributed by atoms with Crippen molar-refractivity contribution < 1.29 is 19.3 Å². The monoisotopic (exact) mass is 211 g/mol. The number of nitrogens with two attached hydrogens (primary N) is 1. The van der Waals surface area contributed by atoms with Crippen LogP contribution in [-0.4, -0.2) is 31.5 Å². The number of rotatable bonds is 2.